The molecule has 170 valence electrons. The van der Waals surface area contributed by atoms with Gasteiger partial charge >= 0.3 is 12.1 Å². The van der Waals surface area contributed by atoms with Crippen LogP contribution in [-0.2, 0) is 9.53 Å². The van der Waals surface area contributed by atoms with E-state index in [4.69, 9.17) is 4.74 Å². The number of hydrogen-bond acceptors (Lipinski definition) is 6. The maximum atomic E-state index is 12.7. The molecule has 31 heavy (non-hydrogen) atoms. The van der Waals surface area contributed by atoms with Crippen LogP contribution in [0.4, 0.5) is 4.79 Å². The Kier molecular flexibility index (Phi) is 7.09. The number of piperidine rings is 1. The predicted octanol–water partition coefficient (Wildman–Crippen LogP) is 1.24. The Bertz CT molecular complexity index is 940. The van der Waals surface area contributed by atoms with Crippen LogP contribution in [-0.4, -0.2) is 69.2 Å². The molecule has 1 aliphatic heterocycles. The van der Waals surface area contributed by atoms with E-state index < -0.39 is 29.1 Å². The Morgan fingerprint density at radius 3 is 2.23 bits per heavy atom. The molecule has 0 aliphatic carbocycles. The Labute approximate surface area is 179 Å². The lowest BCUT2D eigenvalue weighted by molar-refractivity contribution is -0.130. The molecule has 11 heteroatoms. The number of carboxylic acids is 1. The van der Waals surface area contributed by atoms with Crippen molar-refractivity contribution in [3.63, 3.8) is 0 Å². The zero-order valence-corrected chi connectivity index (χ0v) is 18.3. The van der Waals surface area contributed by atoms with Gasteiger partial charge in [0.25, 0.3) is 11.5 Å². The van der Waals surface area contributed by atoms with Gasteiger partial charge < -0.3 is 19.3 Å². The van der Waals surface area contributed by atoms with Gasteiger partial charge in [-0.1, -0.05) is 0 Å². The van der Waals surface area contributed by atoms with Crippen molar-refractivity contribution in [1.82, 2.24) is 19.9 Å². The molecule has 1 aromatic heterocycles. The first kappa shape index (κ1) is 23.9. The van der Waals surface area contributed by atoms with Crippen LogP contribution in [0.15, 0.2) is 17.1 Å². The van der Waals surface area contributed by atoms with Crippen LogP contribution in [0, 0.1) is 0 Å². The van der Waals surface area contributed by atoms with Gasteiger partial charge in [0.1, 0.15) is 5.60 Å². The maximum absolute atomic E-state index is 12.7. The molecule has 0 atom stereocenters. The van der Waals surface area contributed by atoms with Crippen molar-refractivity contribution in [2.45, 2.75) is 52.2 Å². The second-order valence-corrected chi connectivity index (χ2v) is 8.37. The number of ether oxygens (including phenoxy) is 1. The van der Waals surface area contributed by atoms with Crippen molar-refractivity contribution in [3.05, 3.63) is 33.7 Å². The summed E-state index contributed by atoms with van der Waals surface area (Å²) < 4.78 is 6.36. The number of carboxylic acid groups (broad SMARTS) is 1. The summed E-state index contributed by atoms with van der Waals surface area (Å²) in [6.45, 7) is 7.33. The molecule has 1 aromatic rings. The van der Waals surface area contributed by atoms with E-state index in [1.165, 1.54) is 18.5 Å². The lowest BCUT2D eigenvalue weighted by Gasteiger charge is -2.32. The van der Waals surface area contributed by atoms with E-state index in [9.17, 15) is 29.1 Å². The van der Waals surface area contributed by atoms with Gasteiger partial charge in [0.05, 0.1) is 11.1 Å². The van der Waals surface area contributed by atoms with Crippen LogP contribution >= 0.6 is 0 Å². The number of carbonyl (C=O) groups excluding carboxylic acids is 3. The number of pyridine rings is 1. The summed E-state index contributed by atoms with van der Waals surface area (Å²) in [6.07, 6.45) is 1.23. The SMILES string of the molecule is CC(=O)N1CCC(n2cc(C(=O)O)c(C(=O)N(C)NC(=O)OC(C)(C)C)cc2=O)CC1. The third-order valence-electron chi connectivity index (χ3n) is 4.81. The summed E-state index contributed by atoms with van der Waals surface area (Å²) >= 11 is 0. The standard InChI is InChI=1S/C20H28N4O7/c1-12(25)23-8-6-13(7-9-23)24-11-15(18(28)29)14(10-16(24)26)17(27)22(5)21-19(30)31-20(2,3)4/h10-11,13H,6-9H2,1-5H3,(H,21,30)(H,28,29). The summed E-state index contributed by atoms with van der Waals surface area (Å²) in [5.74, 6) is -2.32. The van der Waals surface area contributed by atoms with E-state index in [0.717, 1.165) is 17.3 Å². The van der Waals surface area contributed by atoms with Gasteiger partial charge in [0.15, 0.2) is 0 Å². The molecule has 0 bridgehead atoms. The first-order chi connectivity index (χ1) is 14.3. The van der Waals surface area contributed by atoms with Gasteiger partial charge in [-0.3, -0.25) is 19.4 Å². The van der Waals surface area contributed by atoms with Crippen molar-refractivity contribution >= 4 is 23.9 Å². The number of amides is 3. The highest BCUT2D eigenvalue weighted by Gasteiger charge is 2.28. The van der Waals surface area contributed by atoms with Crippen LogP contribution in [0.3, 0.4) is 0 Å². The number of aromatic nitrogens is 1. The topological polar surface area (TPSA) is 138 Å². The number of hydrazine groups is 1. The molecule has 2 heterocycles. The molecule has 1 fully saturated rings. The highest BCUT2D eigenvalue weighted by Crippen LogP contribution is 2.22. The monoisotopic (exact) mass is 436 g/mol. The minimum absolute atomic E-state index is 0.0570. The lowest BCUT2D eigenvalue weighted by Crippen LogP contribution is -2.46. The van der Waals surface area contributed by atoms with Gasteiger partial charge in [-0.15, -0.1) is 0 Å². The number of nitrogens with one attached hydrogen (secondary N) is 1. The second kappa shape index (κ2) is 9.19. The van der Waals surface area contributed by atoms with Crippen molar-refractivity contribution in [2.24, 2.45) is 0 Å². The molecule has 2 N–H and O–H groups in total. The summed E-state index contributed by atoms with van der Waals surface area (Å²) in [4.78, 5) is 62.2. The number of hydrogen-bond donors (Lipinski definition) is 2. The number of carbonyl (C=O) groups is 4. The van der Waals surface area contributed by atoms with Crippen molar-refractivity contribution in [2.75, 3.05) is 20.1 Å². The Morgan fingerprint density at radius 2 is 1.74 bits per heavy atom. The summed E-state index contributed by atoms with van der Waals surface area (Å²) in [6, 6.07) is 0.666. The molecule has 1 saturated heterocycles. The smallest absolute Gasteiger partial charge is 0.426 e. The third-order valence-corrected chi connectivity index (χ3v) is 4.81. The van der Waals surface area contributed by atoms with Gasteiger partial charge in [-0.2, -0.15) is 0 Å². The fourth-order valence-corrected chi connectivity index (χ4v) is 3.31. The first-order valence-electron chi connectivity index (χ1n) is 9.83. The van der Waals surface area contributed by atoms with Crippen LogP contribution in [0.5, 0.6) is 0 Å². The van der Waals surface area contributed by atoms with E-state index in [0.29, 0.717) is 25.9 Å². The number of rotatable bonds is 3. The van der Waals surface area contributed by atoms with Crippen LogP contribution in [0.2, 0.25) is 0 Å². The molecule has 2 rings (SSSR count). The fraction of sp³-hybridized carbons (Fsp3) is 0.550. The van der Waals surface area contributed by atoms with E-state index in [-0.39, 0.29) is 23.1 Å². The number of nitrogens with zero attached hydrogens (tertiary/aromatic N) is 3. The van der Waals surface area contributed by atoms with Crippen molar-refractivity contribution < 1.29 is 29.0 Å². The summed E-state index contributed by atoms with van der Waals surface area (Å²) in [5, 5.41) is 10.4. The van der Waals surface area contributed by atoms with E-state index in [1.54, 1.807) is 25.7 Å². The van der Waals surface area contributed by atoms with Crippen molar-refractivity contribution in [1.29, 1.82) is 0 Å². The first-order valence-corrected chi connectivity index (χ1v) is 9.83. The van der Waals surface area contributed by atoms with Crippen LogP contribution in [0.1, 0.15) is 67.3 Å². The molecular formula is C20H28N4O7. The molecule has 1 aliphatic rings. The summed E-state index contributed by atoms with van der Waals surface area (Å²) in [7, 11) is 1.22. The number of likely N-dealkylation sites (tertiary alicyclic amines) is 1. The van der Waals surface area contributed by atoms with E-state index in [1.807, 2.05) is 0 Å². The maximum Gasteiger partial charge on any atom is 0.426 e. The molecule has 11 nitrogen and oxygen atoms in total. The van der Waals surface area contributed by atoms with Crippen molar-refractivity contribution in [3.8, 4) is 0 Å². The van der Waals surface area contributed by atoms with E-state index in [2.05, 4.69) is 5.43 Å². The molecule has 3 amide bonds. The Morgan fingerprint density at radius 1 is 1.16 bits per heavy atom. The quantitative estimate of drug-likeness (QED) is 0.680. The van der Waals surface area contributed by atoms with Crippen LogP contribution in [0.25, 0.3) is 0 Å². The molecule has 0 aromatic carbocycles. The Balaban J connectivity index is 2.27. The highest BCUT2D eigenvalue weighted by molar-refractivity contribution is 6.04. The predicted molar refractivity (Wildman–Crippen MR) is 110 cm³/mol. The highest BCUT2D eigenvalue weighted by atomic mass is 16.6. The van der Waals surface area contributed by atoms with Crippen LogP contribution < -0.4 is 11.0 Å². The van der Waals surface area contributed by atoms with Gasteiger partial charge in [-0.25, -0.2) is 15.0 Å². The normalized spacial score (nSPS) is 14.7. The van der Waals surface area contributed by atoms with Gasteiger partial charge in [0, 0.05) is 45.4 Å². The molecule has 0 spiro atoms. The zero-order chi connectivity index (χ0) is 23.5. The Hall–Kier alpha value is -3.37. The zero-order valence-electron chi connectivity index (χ0n) is 18.3. The summed E-state index contributed by atoms with van der Waals surface area (Å²) in [5.41, 5.74) is 0.145. The second-order valence-electron chi connectivity index (χ2n) is 8.37. The largest absolute Gasteiger partial charge is 0.478 e. The van der Waals surface area contributed by atoms with E-state index >= 15 is 0 Å². The third kappa shape index (κ3) is 6.06. The minimum Gasteiger partial charge on any atom is -0.478 e. The molecular weight excluding hydrogens is 408 g/mol. The average molecular weight is 436 g/mol. The minimum atomic E-state index is -1.39. The molecule has 0 saturated carbocycles. The lowest BCUT2D eigenvalue weighted by atomic mass is 10.0. The number of aromatic carboxylic acids is 1. The van der Waals surface area contributed by atoms with Gasteiger partial charge in [-0.05, 0) is 33.6 Å². The molecule has 0 unspecified atom stereocenters. The molecule has 0 radical (unpaired) electrons. The fourth-order valence-electron chi connectivity index (χ4n) is 3.31. The average Bonchev–Trinajstić information content (AvgIpc) is 2.65. The van der Waals surface area contributed by atoms with Gasteiger partial charge in [0.2, 0.25) is 5.91 Å².